The zero-order chi connectivity index (χ0) is 14.4. The predicted octanol–water partition coefficient (Wildman–Crippen LogP) is 1.82. The summed E-state index contributed by atoms with van der Waals surface area (Å²) in [5, 5.41) is 13.0. The fraction of sp³-hybridized carbons (Fsp3) is 0.688. The van der Waals surface area contributed by atoms with Crippen LogP contribution in [0.3, 0.4) is 0 Å². The molecule has 1 aromatic heterocycles. The topological polar surface area (TPSA) is 48.4 Å². The van der Waals surface area contributed by atoms with Gasteiger partial charge in [-0.25, -0.2) is 0 Å². The average Bonchev–Trinajstić information content (AvgIpc) is 2.46. The Morgan fingerprint density at radius 3 is 2.75 bits per heavy atom. The first kappa shape index (κ1) is 15.4. The van der Waals surface area contributed by atoms with Gasteiger partial charge >= 0.3 is 0 Å². The number of β-amino-alcohol motifs (C(OH)–C–C–N with tert-alkyl or cyclic N) is 1. The van der Waals surface area contributed by atoms with E-state index in [4.69, 9.17) is 0 Å². The van der Waals surface area contributed by atoms with Gasteiger partial charge in [0.05, 0.1) is 6.10 Å². The van der Waals surface area contributed by atoms with Gasteiger partial charge in [-0.15, -0.1) is 0 Å². The number of piperidine rings is 1. The van der Waals surface area contributed by atoms with Crippen molar-refractivity contribution in [2.75, 3.05) is 26.2 Å². The van der Waals surface area contributed by atoms with Gasteiger partial charge in [0.25, 0.3) is 0 Å². The molecule has 1 aromatic rings. The Kier molecular flexibility index (Phi) is 5.95. The number of aromatic nitrogens is 1. The number of rotatable bonds is 6. The van der Waals surface area contributed by atoms with Gasteiger partial charge in [0.2, 0.25) is 0 Å². The van der Waals surface area contributed by atoms with Gasteiger partial charge < -0.3 is 15.3 Å². The van der Waals surface area contributed by atoms with Gasteiger partial charge in [-0.2, -0.15) is 0 Å². The van der Waals surface area contributed by atoms with E-state index in [2.05, 4.69) is 28.2 Å². The molecular weight excluding hydrogens is 250 g/mol. The largest absolute Gasteiger partial charge is 0.392 e. The van der Waals surface area contributed by atoms with Crippen LogP contribution in [0, 0.1) is 5.92 Å². The Bertz CT molecular complexity index is 375. The third-order valence-electron chi connectivity index (χ3n) is 4.13. The summed E-state index contributed by atoms with van der Waals surface area (Å²) >= 11 is 0. The first-order valence-electron chi connectivity index (χ1n) is 7.69. The number of hydrogen-bond acceptors (Lipinski definition) is 4. The average molecular weight is 277 g/mol. The van der Waals surface area contributed by atoms with Crippen LogP contribution in [0.5, 0.6) is 0 Å². The first-order chi connectivity index (χ1) is 9.65. The molecular formula is C16H27N3O. The number of pyridine rings is 1. The van der Waals surface area contributed by atoms with Crippen molar-refractivity contribution in [2.24, 2.45) is 5.92 Å². The summed E-state index contributed by atoms with van der Waals surface area (Å²) in [6.45, 7) is 8.16. The molecule has 0 amide bonds. The summed E-state index contributed by atoms with van der Waals surface area (Å²) < 4.78 is 0. The highest BCUT2D eigenvalue weighted by Crippen LogP contribution is 2.18. The Morgan fingerprint density at radius 2 is 2.15 bits per heavy atom. The molecule has 1 aliphatic heterocycles. The van der Waals surface area contributed by atoms with Crippen LogP contribution in [0.4, 0.5) is 0 Å². The van der Waals surface area contributed by atoms with Crippen LogP contribution in [0.25, 0.3) is 0 Å². The minimum atomic E-state index is -0.213. The summed E-state index contributed by atoms with van der Waals surface area (Å²) in [7, 11) is 0. The molecule has 2 unspecified atom stereocenters. The number of aliphatic hydroxyl groups is 1. The number of aliphatic hydroxyl groups excluding tert-OH is 1. The Hall–Kier alpha value is -0.970. The van der Waals surface area contributed by atoms with Crippen LogP contribution in [-0.4, -0.2) is 47.3 Å². The summed E-state index contributed by atoms with van der Waals surface area (Å²) in [6.07, 6.45) is 5.98. The van der Waals surface area contributed by atoms with Crippen LogP contribution in [-0.2, 0) is 0 Å². The van der Waals surface area contributed by atoms with E-state index in [0.717, 1.165) is 32.1 Å². The zero-order valence-electron chi connectivity index (χ0n) is 12.6. The molecule has 0 aromatic carbocycles. The molecule has 1 saturated heterocycles. The Balaban J connectivity index is 1.68. The lowest BCUT2D eigenvalue weighted by atomic mass is 9.96. The van der Waals surface area contributed by atoms with E-state index < -0.39 is 0 Å². The molecule has 0 aliphatic carbocycles. The number of hydrogen-bond donors (Lipinski definition) is 2. The summed E-state index contributed by atoms with van der Waals surface area (Å²) in [6, 6.07) is 4.47. The van der Waals surface area contributed by atoms with Gasteiger partial charge in [-0.1, -0.05) is 6.07 Å². The fourth-order valence-corrected chi connectivity index (χ4v) is 2.84. The molecule has 4 heteroatoms. The van der Waals surface area contributed by atoms with Crippen molar-refractivity contribution in [1.82, 2.24) is 15.2 Å². The SMILES string of the molecule is CC(O)CN1CCC(CNC(C)c2cccnc2)CC1. The van der Waals surface area contributed by atoms with E-state index in [1.54, 1.807) is 0 Å². The van der Waals surface area contributed by atoms with Crippen LogP contribution in [0.2, 0.25) is 0 Å². The Morgan fingerprint density at radius 1 is 1.40 bits per heavy atom. The maximum Gasteiger partial charge on any atom is 0.0639 e. The van der Waals surface area contributed by atoms with Crippen LogP contribution in [0.15, 0.2) is 24.5 Å². The molecule has 0 spiro atoms. The summed E-state index contributed by atoms with van der Waals surface area (Å²) in [5.74, 6) is 0.749. The van der Waals surface area contributed by atoms with Crippen molar-refractivity contribution in [1.29, 1.82) is 0 Å². The lowest BCUT2D eigenvalue weighted by Gasteiger charge is -2.33. The molecule has 2 atom stereocenters. The van der Waals surface area contributed by atoms with Gasteiger partial charge in [0, 0.05) is 25.0 Å². The van der Waals surface area contributed by atoms with E-state index >= 15 is 0 Å². The maximum atomic E-state index is 9.41. The predicted molar refractivity (Wildman–Crippen MR) is 81.5 cm³/mol. The maximum absolute atomic E-state index is 9.41. The number of likely N-dealkylation sites (tertiary alicyclic amines) is 1. The van der Waals surface area contributed by atoms with E-state index in [1.807, 2.05) is 25.4 Å². The first-order valence-corrected chi connectivity index (χ1v) is 7.69. The monoisotopic (exact) mass is 277 g/mol. The molecule has 1 fully saturated rings. The molecule has 20 heavy (non-hydrogen) atoms. The minimum absolute atomic E-state index is 0.213. The highest BCUT2D eigenvalue weighted by atomic mass is 16.3. The Labute approximate surface area is 122 Å². The normalized spacial score (nSPS) is 20.8. The molecule has 2 rings (SSSR count). The quantitative estimate of drug-likeness (QED) is 0.833. The lowest BCUT2D eigenvalue weighted by Crippen LogP contribution is -2.40. The van der Waals surface area contributed by atoms with Gasteiger partial charge in [-0.05, 0) is 63.9 Å². The van der Waals surface area contributed by atoms with Crippen molar-refractivity contribution in [3.8, 4) is 0 Å². The van der Waals surface area contributed by atoms with Gasteiger partial charge in [0.15, 0.2) is 0 Å². The number of nitrogens with zero attached hydrogens (tertiary/aromatic N) is 2. The van der Waals surface area contributed by atoms with Crippen molar-refractivity contribution < 1.29 is 5.11 Å². The van der Waals surface area contributed by atoms with E-state index in [1.165, 1.54) is 18.4 Å². The molecule has 0 radical (unpaired) electrons. The minimum Gasteiger partial charge on any atom is -0.392 e. The van der Waals surface area contributed by atoms with E-state index in [0.29, 0.717) is 6.04 Å². The molecule has 0 bridgehead atoms. The second-order valence-electron chi connectivity index (χ2n) is 6.01. The molecule has 2 heterocycles. The zero-order valence-corrected chi connectivity index (χ0v) is 12.6. The van der Waals surface area contributed by atoms with Crippen LogP contribution in [0.1, 0.15) is 38.3 Å². The molecule has 0 saturated carbocycles. The summed E-state index contributed by atoms with van der Waals surface area (Å²) in [4.78, 5) is 6.53. The molecule has 1 aliphatic rings. The highest BCUT2D eigenvalue weighted by Gasteiger charge is 2.20. The molecule has 112 valence electrons. The van der Waals surface area contributed by atoms with E-state index in [9.17, 15) is 5.11 Å². The molecule has 2 N–H and O–H groups in total. The highest BCUT2D eigenvalue weighted by molar-refractivity contribution is 5.12. The third kappa shape index (κ3) is 4.85. The van der Waals surface area contributed by atoms with Gasteiger partial charge in [-0.3, -0.25) is 4.98 Å². The third-order valence-corrected chi connectivity index (χ3v) is 4.13. The van der Waals surface area contributed by atoms with Crippen molar-refractivity contribution in [3.63, 3.8) is 0 Å². The standard InChI is InChI=1S/C16H27N3O/c1-13(20)12-19-8-5-15(6-9-19)10-18-14(2)16-4-3-7-17-11-16/h3-4,7,11,13-15,18,20H,5-6,8-10,12H2,1-2H3. The van der Waals surface area contributed by atoms with E-state index in [-0.39, 0.29) is 6.10 Å². The van der Waals surface area contributed by atoms with Crippen LogP contribution >= 0.6 is 0 Å². The second-order valence-corrected chi connectivity index (χ2v) is 6.01. The summed E-state index contributed by atoms with van der Waals surface area (Å²) in [5.41, 5.74) is 1.25. The number of nitrogens with one attached hydrogen (secondary N) is 1. The van der Waals surface area contributed by atoms with Crippen molar-refractivity contribution >= 4 is 0 Å². The van der Waals surface area contributed by atoms with Gasteiger partial charge in [0.1, 0.15) is 0 Å². The van der Waals surface area contributed by atoms with Crippen molar-refractivity contribution in [3.05, 3.63) is 30.1 Å². The molecule has 4 nitrogen and oxygen atoms in total. The second kappa shape index (κ2) is 7.72. The lowest BCUT2D eigenvalue weighted by molar-refractivity contribution is 0.0994. The smallest absolute Gasteiger partial charge is 0.0639 e. The fourth-order valence-electron chi connectivity index (χ4n) is 2.84. The van der Waals surface area contributed by atoms with Crippen molar-refractivity contribution in [2.45, 2.75) is 38.8 Å². The van der Waals surface area contributed by atoms with Crippen LogP contribution < -0.4 is 5.32 Å².